The molecule has 0 saturated carbocycles. The number of nitrogens with zero attached hydrogens (tertiary/aromatic N) is 1. The molecular formula is C14H27NO. The molecular weight excluding hydrogens is 198 g/mol. The molecule has 1 saturated heterocycles. The summed E-state index contributed by atoms with van der Waals surface area (Å²) in [7, 11) is 0. The fourth-order valence-electron chi connectivity index (χ4n) is 2.60. The minimum absolute atomic E-state index is 0.142. The largest absolute Gasteiger partial charge is 0.298 e. The Morgan fingerprint density at radius 2 is 1.81 bits per heavy atom. The Morgan fingerprint density at radius 3 is 2.25 bits per heavy atom. The molecule has 0 amide bonds. The Kier molecular flexibility index (Phi) is 4.17. The van der Waals surface area contributed by atoms with E-state index in [-0.39, 0.29) is 12.0 Å². The fourth-order valence-corrected chi connectivity index (χ4v) is 2.60. The molecule has 0 N–H and O–H groups in total. The van der Waals surface area contributed by atoms with Crippen molar-refractivity contribution in [3.8, 4) is 0 Å². The smallest absolute Gasteiger partial charge is 0.152 e. The van der Waals surface area contributed by atoms with Crippen LogP contribution in [0.2, 0.25) is 0 Å². The number of Topliss-reactive ketones (excluding diaryl/α,β-unsaturated/α-hetero) is 1. The Balaban J connectivity index is 2.84. The number of ketones is 1. The van der Waals surface area contributed by atoms with Crippen molar-refractivity contribution in [1.82, 2.24) is 4.90 Å². The van der Waals surface area contributed by atoms with E-state index in [2.05, 4.69) is 32.6 Å². The third-order valence-electron chi connectivity index (χ3n) is 3.75. The van der Waals surface area contributed by atoms with Crippen molar-refractivity contribution in [3.63, 3.8) is 0 Å². The van der Waals surface area contributed by atoms with Crippen molar-refractivity contribution < 1.29 is 4.79 Å². The summed E-state index contributed by atoms with van der Waals surface area (Å²) in [6.07, 6.45) is 2.22. The van der Waals surface area contributed by atoms with E-state index in [1.54, 1.807) is 0 Å². The predicted octanol–water partition coefficient (Wildman–Crippen LogP) is 3.11. The van der Waals surface area contributed by atoms with E-state index >= 15 is 0 Å². The van der Waals surface area contributed by atoms with Crippen molar-refractivity contribution in [3.05, 3.63) is 0 Å². The average molecular weight is 225 g/mol. The Bertz CT molecular complexity index is 255. The molecule has 1 aliphatic heterocycles. The van der Waals surface area contributed by atoms with Gasteiger partial charge in [0.15, 0.2) is 5.78 Å². The molecule has 94 valence electrons. The van der Waals surface area contributed by atoms with Crippen LogP contribution in [-0.2, 0) is 4.79 Å². The summed E-state index contributed by atoms with van der Waals surface area (Å²) in [5, 5.41) is 0. The van der Waals surface area contributed by atoms with Gasteiger partial charge >= 0.3 is 0 Å². The van der Waals surface area contributed by atoms with Crippen molar-refractivity contribution in [1.29, 1.82) is 0 Å². The molecule has 0 aromatic rings. The van der Waals surface area contributed by atoms with E-state index < -0.39 is 0 Å². The minimum Gasteiger partial charge on any atom is -0.298 e. The molecule has 16 heavy (non-hydrogen) atoms. The van der Waals surface area contributed by atoms with Crippen LogP contribution in [0.4, 0.5) is 0 Å². The highest BCUT2D eigenvalue weighted by Crippen LogP contribution is 2.35. The second-order valence-electron chi connectivity index (χ2n) is 6.52. The van der Waals surface area contributed by atoms with Gasteiger partial charge in [0.25, 0.3) is 0 Å². The first kappa shape index (κ1) is 13.7. The highest BCUT2D eigenvalue weighted by Gasteiger charge is 2.38. The minimum atomic E-state index is 0.142. The van der Waals surface area contributed by atoms with E-state index in [9.17, 15) is 4.79 Å². The van der Waals surface area contributed by atoms with Gasteiger partial charge in [0.1, 0.15) is 0 Å². The number of carbonyl (C=O) groups is 1. The number of piperidine rings is 1. The van der Waals surface area contributed by atoms with Gasteiger partial charge in [0.05, 0.1) is 6.04 Å². The summed E-state index contributed by atoms with van der Waals surface area (Å²) < 4.78 is 0. The van der Waals surface area contributed by atoms with Gasteiger partial charge < -0.3 is 0 Å². The zero-order valence-corrected chi connectivity index (χ0v) is 11.7. The summed E-state index contributed by atoms with van der Waals surface area (Å²) in [4.78, 5) is 14.6. The summed E-state index contributed by atoms with van der Waals surface area (Å²) >= 11 is 0. The van der Waals surface area contributed by atoms with Gasteiger partial charge in [0.2, 0.25) is 0 Å². The molecule has 0 aliphatic carbocycles. The lowest BCUT2D eigenvalue weighted by Crippen LogP contribution is -2.53. The summed E-state index contributed by atoms with van der Waals surface area (Å²) in [5.41, 5.74) is 0.320. The standard InChI is InChI=1S/C14H27NO/c1-10(2)13(16)12-9-14(5,6)7-8-15(12)11(3)4/h10-12H,7-9H2,1-6H3. The summed E-state index contributed by atoms with van der Waals surface area (Å²) in [5.74, 6) is 0.571. The van der Waals surface area contributed by atoms with Gasteiger partial charge in [-0.25, -0.2) is 0 Å². The van der Waals surface area contributed by atoms with Crippen LogP contribution >= 0.6 is 0 Å². The van der Waals surface area contributed by atoms with Gasteiger partial charge in [-0.2, -0.15) is 0 Å². The first-order chi connectivity index (χ1) is 7.24. The van der Waals surface area contributed by atoms with E-state index in [1.165, 1.54) is 6.42 Å². The molecule has 0 aromatic heterocycles. The molecule has 1 rings (SSSR count). The molecule has 1 aliphatic rings. The lowest BCUT2D eigenvalue weighted by Gasteiger charge is -2.45. The lowest BCUT2D eigenvalue weighted by atomic mass is 9.76. The van der Waals surface area contributed by atoms with Gasteiger partial charge in [0, 0.05) is 12.0 Å². The van der Waals surface area contributed by atoms with E-state index in [0.717, 1.165) is 13.0 Å². The maximum atomic E-state index is 12.3. The van der Waals surface area contributed by atoms with Crippen molar-refractivity contribution in [2.45, 2.75) is 66.5 Å². The van der Waals surface area contributed by atoms with Crippen LogP contribution in [0.3, 0.4) is 0 Å². The Labute approximate surface area is 100 Å². The van der Waals surface area contributed by atoms with Gasteiger partial charge in [-0.05, 0) is 38.6 Å². The van der Waals surface area contributed by atoms with Gasteiger partial charge in [-0.15, -0.1) is 0 Å². The second-order valence-corrected chi connectivity index (χ2v) is 6.52. The van der Waals surface area contributed by atoms with Crippen LogP contribution in [0.25, 0.3) is 0 Å². The third kappa shape index (κ3) is 3.07. The van der Waals surface area contributed by atoms with Crippen LogP contribution in [0, 0.1) is 11.3 Å². The molecule has 1 unspecified atom stereocenters. The SMILES string of the molecule is CC(C)C(=O)C1CC(C)(C)CCN1C(C)C. The topological polar surface area (TPSA) is 20.3 Å². The molecule has 0 spiro atoms. The highest BCUT2D eigenvalue weighted by molar-refractivity contribution is 5.85. The average Bonchev–Trinajstić information content (AvgIpc) is 2.14. The van der Waals surface area contributed by atoms with Crippen molar-refractivity contribution in [2.75, 3.05) is 6.54 Å². The molecule has 0 aromatic carbocycles. The number of rotatable bonds is 3. The zero-order chi connectivity index (χ0) is 12.5. The quantitative estimate of drug-likeness (QED) is 0.735. The third-order valence-corrected chi connectivity index (χ3v) is 3.75. The van der Waals surface area contributed by atoms with E-state index in [1.807, 2.05) is 13.8 Å². The predicted molar refractivity (Wildman–Crippen MR) is 68.5 cm³/mol. The summed E-state index contributed by atoms with van der Waals surface area (Å²) in [6, 6.07) is 0.618. The zero-order valence-electron chi connectivity index (χ0n) is 11.7. The molecule has 2 heteroatoms. The maximum absolute atomic E-state index is 12.3. The van der Waals surface area contributed by atoms with E-state index in [0.29, 0.717) is 17.2 Å². The Hall–Kier alpha value is -0.370. The van der Waals surface area contributed by atoms with E-state index in [4.69, 9.17) is 0 Å². The van der Waals surface area contributed by atoms with Gasteiger partial charge in [-0.1, -0.05) is 27.7 Å². The lowest BCUT2D eigenvalue weighted by molar-refractivity contribution is -0.131. The molecule has 1 fully saturated rings. The first-order valence-corrected chi connectivity index (χ1v) is 6.54. The normalized spacial score (nSPS) is 26.4. The number of hydrogen-bond donors (Lipinski definition) is 0. The van der Waals surface area contributed by atoms with Crippen molar-refractivity contribution >= 4 is 5.78 Å². The molecule has 0 bridgehead atoms. The van der Waals surface area contributed by atoms with Crippen LogP contribution in [0.1, 0.15) is 54.4 Å². The molecule has 1 atom stereocenters. The monoisotopic (exact) mass is 225 g/mol. The second kappa shape index (κ2) is 4.87. The van der Waals surface area contributed by atoms with Crippen LogP contribution in [0.5, 0.6) is 0 Å². The fraction of sp³-hybridized carbons (Fsp3) is 0.929. The molecule has 1 heterocycles. The highest BCUT2D eigenvalue weighted by atomic mass is 16.1. The van der Waals surface area contributed by atoms with Crippen LogP contribution < -0.4 is 0 Å². The molecule has 0 radical (unpaired) electrons. The van der Waals surface area contributed by atoms with Gasteiger partial charge in [-0.3, -0.25) is 9.69 Å². The summed E-state index contributed by atoms with van der Waals surface area (Å²) in [6.45, 7) is 14.0. The van der Waals surface area contributed by atoms with Crippen molar-refractivity contribution in [2.24, 2.45) is 11.3 Å². The van der Waals surface area contributed by atoms with Crippen LogP contribution in [-0.4, -0.2) is 29.3 Å². The van der Waals surface area contributed by atoms with Crippen LogP contribution in [0.15, 0.2) is 0 Å². The number of carbonyl (C=O) groups excluding carboxylic acids is 1. The number of hydrogen-bond acceptors (Lipinski definition) is 2. The molecule has 2 nitrogen and oxygen atoms in total. The maximum Gasteiger partial charge on any atom is 0.152 e. The first-order valence-electron chi connectivity index (χ1n) is 6.54. The Morgan fingerprint density at radius 1 is 1.25 bits per heavy atom. The number of likely N-dealkylation sites (tertiary alicyclic amines) is 1.